The molecule has 0 aliphatic rings. The van der Waals surface area contributed by atoms with Crippen LogP contribution in [0.1, 0.15) is 24.5 Å². The zero-order valence-electron chi connectivity index (χ0n) is 13.0. The molecule has 0 heterocycles. The zero-order valence-corrected chi connectivity index (χ0v) is 13.8. The zero-order chi connectivity index (χ0) is 16.4. The van der Waals surface area contributed by atoms with Crippen molar-refractivity contribution in [1.29, 1.82) is 0 Å². The Kier molecular flexibility index (Phi) is 8.62. The van der Waals surface area contributed by atoms with Gasteiger partial charge in [0.2, 0.25) is 0 Å². The summed E-state index contributed by atoms with van der Waals surface area (Å²) in [4.78, 5) is 22.6. The minimum atomic E-state index is -0.597. The number of carbonyl (C=O) groups is 2. The first-order chi connectivity index (χ1) is 10.6. The van der Waals surface area contributed by atoms with Gasteiger partial charge in [0.05, 0.1) is 27.1 Å². The van der Waals surface area contributed by atoms with E-state index in [1.807, 2.05) is 30.3 Å². The van der Waals surface area contributed by atoms with Crippen LogP contribution in [0, 0.1) is 0 Å². The number of ether oxygens (including phenoxy) is 2. The summed E-state index contributed by atoms with van der Waals surface area (Å²) in [7, 11) is 2.46. The summed E-state index contributed by atoms with van der Waals surface area (Å²) >= 11 is 0. The number of hydrogen-bond donors (Lipinski definition) is 1. The molecule has 1 aromatic rings. The van der Waals surface area contributed by atoms with Crippen molar-refractivity contribution in [2.45, 2.75) is 18.9 Å². The second-order valence-electron chi connectivity index (χ2n) is 4.77. The quantitative estimate of drug-likeness (QED) is 0.549. The van der Waals surface area contributed by atoms with Crippen LogP contribution in [0.2, 0.25) is 0 Å². The normalized spacial score (nSPS) is 12.0. The Morgan fingerprint density at radius 3 is 2.00 bits per heavy atom. The lowest BCUT2D eigenvalue weighted by Crippen LogP contribution is -2.24. The van der Waals surface area contributed by atoms with E-state index in [0.717, 1.165) is 5.56 Å². The highest BCUT2D eigenvalue weighted by atomic mass is 32.2. The molecular formula is C16H23O5S+. The number of aliphatic hydroxyl groups excluding tert-OH is 1. The minimum Gasteiger partial charge on any atom is -0.469 e. The van der Waals surface area contributed by atoms with E-state index in [0.29, 0.717) is 30.1 Å². The molecule has 6 heteroatoms. The van der Waals surface area contributed by atoms with Gasteiger partial charge in [0, 0.05) is 0 Å². The van der Waals surface area contributed by atoms with Crippen molar-refractivity contribution in [3.05, 3.63) is 35.9 Å². The third-order valence-corrected chi connectivity index (χ3v) is 5.57. The van der Waals surface area contributed by atoms with Gasteiger partial charge in [0.25, 0.3) is 0 Å². The molecule has 0 aliphatic heterocycles. The molecule has 1 N–H and O–H groups in total. The van der Waals surface area contributed by atoms with Crippen LogP contribution in [-0.4, -0.2) is 48.5 Å². The summed E-state index contributed by atoms with van der Waals surface area (Å²) in [6.07, 6.45) is -0.00950. The molecular weight excluding hydrogens is 304 g/mol. The van der Waals surface area contributed by atoms with Crippen LogP contribution in [0.15, 0.2) is 30.3 Å². The second-order valence-corrected chi connectivity index (χ2v) is 7.14. The number of hydrogen-bond acceptors (Lipinski definition) is 5. The van der Waals surface area contributed by atoms with E-state index in [1.54, 1.807) is 0 Å². The molecule has 0 aliphatic carbocycles. The van der Waals surface area contributed by atoms with Gasteiger partial charge >= 0.3 is 11.9 Å². The predicted molar refractivity (Wildman–Crippen MR) is 86.6 cm³/mol. The second kappa shape index (κ2) is 10.2. The van der Waals surface area contributed by atoms with Gasteiger partial charge in [0.15, 0.2) is 0 Å². The Morgan fingerprint density at radius 2 is 1.55 bits per heavy atom. The predicted octanol–water partition coefficient (Wildman–Crippen LogP) is 1.46. The van der Waals surface area contributed by atoms with E-state index in [2.05, 4.69) is 9.47 Å². The fraction of sp³-hybridized carbons (Fsp3) is 0.500. The molecule has 0 fully saturated rings. The third kappa shape index (κ3) is 6.95. The number of benzene rings is 1. The van der Waals surface area contributed by atoms with Crippen LogP contribution in [-0.2, 0) is 30.0 Å². The summed E-state index contributed by atoms with van der Waals surface area (Å²) in [6, 6.07) is 9.38. The average Bonchev–Trinajstić information content (AvgIpc) is 2.57. The van der Waals surface area contributed by atoms with Gasteiger partial charge in [-0.2, -0.15) is 0 Å². The summed E-state index contributed by atoms with van der Waals surface area (Å²) < 4.78 is 9.30. The van der Waals surface area contributed by atoms with E-state index in [-0.39, 0.29) is 22.8 Å². The number of rotatable bonds is 9. The molecule has 22 heavy (non-hydrogen) atoms. The van der Waals surface area contributed by atoms with Crippen molar-refractivity contribution in [2.24, 2.45) is 0 Å². The molecule has 0 spiro atoms. The first kappa shape index (κ1) is 18.5. The van der Waals surface area contributed by atoms with E-state index in [1.165, 1.54) is 14.2 Å². The molecule has 1 unspecified atom stereocenters. The number of esters is 2. The van der Waals surface area contributed by atoms with Crippen molar-refractivity contribution in [3.8, 4) is 0 Å². The third-order valence-electron chi connectivity index (χ3n) is 3.22. The molecule has 1 aromatic carbocycles. The molecule has 122 valence electrons. The molecule has 5 nitrogen and oxygen atoms in total. The van der Waals surface area contributed by atoms with Crippen LogP contribution in [0.5, 0.6) is 0 Å². The average molecular weight is 327 g/mol. The Balaban J connectivity index is 2.59. The first-order valence-corrected chi connectivity index (χ1v) is 8.80. The maximum absolute atomic E-state index is 11.3. The van der Waals surface area contributed by atoms with Crippen LogP contribution in [0.4, 0.5) is 0 Å². The highest BCUT2D eigenvalue weighted by molar-refractivity contribution is 7.96. The maximum Gasteiger partial charge on any atom is 0.310 e. The van der Waals surface area contributed by atoms with Crippen molar-refractivity contribution < 1.29 is 24.2 Å². The van der Waals surface area contributed by atoms with E-state index in [9.17, 15) is 14.7 Å². The number of methoxy groups -OCH3 is 2. The van der Waals surface area contributed by atoms with Crippen molar-refractivity contribution >= 4 is 22.8 Å². The van der Waals surface area contributed by atoms with Gasteiger partial charge in [-0.1, -0.05) is 30.3 Å². The highest BCUT2D eigenvalue weighted by Gasteiger charge is 2.26. The summed E-state index contributed by atoms with van der Waals surface area (Å²) in [5.74, 6) is 1.19. The molecule has 1 atom stereocenters. The van der Waals surface area contributed by atoms with Crippen LogP contribution < -0.4 is 0 Å². The topological polar surface area (TPSA) is 72.8 Å². The van der Waals surface area contributed by atoms with Crippen molar-refractivity contribution in [2.75, 3.05) is 31.5 Å². The standard InChI is InChI=1S/C16H23O5S/c1-20-15(18)8-10-22(11-9-16(19)21-2)12-14(17)13-6-4-3-5-7-13/h3-7,14,17H,8-12H2,1-2H3/q+1. The van der Waals surface area contributed by atoms with Crippen LogP contribution in [0.25, 0.3) is 0 Å². The monoisotopic (exact) mass is 327 g/mol. The van der Waals surface area contributed by atoms with Crippen molar-refractivity contribution in [1.82, 2.24) is 0 Å². The molecule has 0 radical (unpaired) electrons. The molecule has 0 saturated heterocycles. The Bertz CT molecular complexity index is 443. The van der Waals surface area contributed by atoms with E-state index >= 15 is 0 Å². The maximum atomic E-state index is 11.3. The Morgan fingerprint density at radius 1 is 1.05 bits per heavy atom. The Hall–Kier alpha value is -1.53. The van der Waals surface area contributed by atoms with E-state index < -0.39 is 6.10 Å². The number of carbonyl (C=O) groups excluding carboxylic acids is 2. The van der Waals surface area contributed by atoms with Gasteiger partial charge < -0.3 is 14.6 Å². The smallest absolute Gasteiger partial charge is 0.310 e. The number of aliphatic hydroxyl groups is 1. The lowest BCUT2D eigenvalue weighted by Gasteiger charge is -2.13. The van der Waals surface area contributed by atoms with Crippen LogP contribution >= 0.6 is 0 Å². The fourth-order valence-electron chi connectivity index (χ4n) is 1.92. The first-order valence-electron chi connectivity index (χ1n) is 7.07. The molecule has 1 rings (SSSR count). The van der Waals surface area contributed by atoms with Gasteiger partial charge in [-0.15, -0.1) is 0 Å². The van der Waals surface area contributed by atoms with Crippen molar-refractivity contribution in [3.63, 3.8) is 0 Å². The summed E-state index contributed by atoms with van der Waals surface area (Å²) in [5.41, 5.74) is 0.844. The van der Waals surface area contributed by atoms with Gasteiger partial charge in [0.1, 0.15) is 23.4 Å². The van der Waals surface area contributed by atoms with Gasteiger partial charge in [-0.25, -0.2) is 0 Å². The fourth-order valence-corrected chi connectivity index (χ4v) is 4.01. The largest absolute Gasteiger partial charge is 0.469 e. The highest BCUT2D eigenvalue weighted by Crippen LogP contribution is 2.17. The molecule has 0 saturated carbocycles. The van der Waals surface area contributed by atoms with E-state index in [4.69, 9.17) is 0 Å². The molecule has 0 bridgehead atoms. The minimum absolute atomic E-state index is 0.251. The molecule has 0 aromatic heterocycles. The van der Waals surface area contributed by atoms with Crippen LogP contribution in [0.3, 0.4) is 0 Å². The van der Waals surface area contributed by atoms with Gasteiger partial charge in [-0.3, -0.25) is 9.59 Å². The summed E-state index contributed by atoms with van der Waals surface area (Å²) in [6.45, 7) is 0. The molecule has 0 amide bonds. The summed E-state index contributed by atoms with van der Waals surface area (Å²) in [5, 5.41) is 10.3. The lowest BCUT2D eigenvalue weighted by atomic mass is 10.1. The SMILES string of the molecule is COC(=O)CC[S+](CCC(=O)OC)CC(O)c1ccccc1. The van der Waals surface area contributed by atoms with Gasteiger partial charge in [-0.05, 0) is 16.5 Å². The Labute approximate surface area is 134 Å². The lowest BCUT2D eigenvalue weighted by molar-refractivity contribution is -0.140.